The van der Waals surface area contributed by atoms with Crippen LogP contribution >= 0.6 is 0 Å². The fourth-order valence-corrected chi connectivity index (χ4v) is 1.88. The monoisotopic (exact) mass is 172 g/mol. The largest absolute Gasteiger partial charge is 0.395 e. The quantitative estimate of drug-likeness (QED) is 0.551. The van der Waals surface area contributed by atoms with Crippen molar-refractivity contribution >= 4 is 0 Å². The van der Waals surface area contributed by atoms with E-state index in [2.05, 4.69) is 17.6 Å². The van der Waals surface area contributed by atoms with E-state index in [4.69, 9.17) is 5.11 Å². The number of hydrogen-bond donors (Lipinski definition) is 3. The number of aliphatic hydroxyl groups excluding tert-OH is 1. The zero-order chi connectivity index (χ0) is 8.81. The second-order valence-corrected chi connectivity index (χ2v) is 3.42. The summed E-state index contributed by atoms with van der Waals surface area (Å²) in [5, 5.41) is 15.5. The molecule has 1 aliphatic heterocycles. The molecular formula is C9H20N2O. The van der Waals surface area contributed by atoms with E-state index in [0.717, 1.165) is 13.1 Å². The summed E-state index contributed by atoms with van der Waals surface area (Å²) in [5.74, 6) is 0. The van der Waals surface area contributed by atoms with Crippen molar-refractivity contribution in [3.05, 3.63) is 0 Å². The van der Waals surface area contributed by atoms with Gasteiger partial charge in [-0.3, -0.25) is 0 Å². The van der Waals surface area contributed by atoms with E-state index in [1.807, 2.05) is 0 Å². The van der Waals surface area contributed by atoms with Crippen LogP contribution in [0.25, 0.3) is 0 Å². The zero-order valence-corrected chi connectivity index (χ0v) is 7.84. The summed E-state index contributed by atoms with van der Waals surface area (Å²) in [6.45, 7) is 4.30. The van der Waals surface area contributed by atoms with Gasteiger partial charge in [0, 0.05) is 18.6 Å². The second kappa shape index (κ2) is 5.51. The topological polar surface area (TPSA) is 44.3 Å². The second-order valence-electron chi connectivity index (χ2n) is 3.42. The molecule has 0 amide bonds. The summed E-state index contributed by atoms with van der Waals surface area (Å²) in [4.78, 5) is 0. The van der Waals surface area contributed by atoms with Gasteiger partial charge in [0.2, 0.25) is 0 Å². The molecule has 0 bridgehead atoms. The number of hydrogen-bond acceptors (Lipinski definition) is 3. The molecule has 1 rings (SSSR count). The van der Waals surface area contributed by atoms with Gasteiger partial charge in [-0.1, -0.05) is 13.3 Å². The molecule has 1 aliphatic rings. The Bertz CT molecular complexity index is 119. The van der Waals surface area contributed by atoms with Crippen molar-refractivity contribution in [2.45, 2.75) is 38.3 Å². The van der Waals surface area contributed by atoms with Gasteiger partial charge in [-0.25, -0.2) is 0 Å². The SMILES string of the molecule is CCCC1NCCC1NCCO. The van der Waals surface area contributed by atoms with Crippen LogP contribution in [0.1, 0.15) is 26.2 Å². The van der Waals surface area contributed by atoms with E-state index >= 15 is 0 Å². The zero-order valence-electron chi connectivity index (χ0n) is 7.84. The normalized spacial score (nSPS) is 29.5. The highest BCUT2D eigenvalue weighted by molar-refractivity contribution is 4.88. The van der Waals surface area contributed by atoms with Crippen molar-refractivity contribution in [2.24, 2.45) is 0 Å². The summed E-state index contributed by atoms with van der Waals surface area (Å²) >= 11 is 0. The highest BCUT2D eigenvalue weighted by atomic mass is 16.3. The first-order valence-corrected chi connectivity index (χ1v) is 4.96. The average Bonchev–Trinajstić information content (AvgIpc) is 2.50. The Labute approximate surface area is 74.5 Å². The van der Waals surface area contributed by atoms with E-state index in [1.54, 1.807) is 0 Å². The molecule has 72 valence electrons. The molecule has 2 atom stereocenters. The van der Waals surface area contributed by atoms with Gasteiger partial charge in [0.25, 0.3) is 0 Å². The van der Waals surface area contributed by atoms with Crippen molar-refractivity contribution < 1.29 is 5.11 Å². The van der Waals surface area contributed by atoms with Gasteiger partial charge in [0.15, 0.2) is 0 Å². The molecule has 0 aromatic carbocycles. The number of rotatable bonds is 5. The molecule has 0 aromatic rings. The van der Waals surface area contributed by atoms with E-state index in [0.29, 0.717) is 12.1 Å². The third-order valence-electron chi connectivity index (χ3n) is 2.47. The summed E-state index contributed by atoms with van der Waals surface area (Å²) in [5.41, 5.74) is 0. The van der Waals surface area contributed by atoms with Gasteiger partial charge < -0.3 is 15.7 Å². The Morgan fingerprint density at radius 2 is 2.42 bits per heavy atom. The van der Waals surface area contributed by atoms with Crippen LogP contribution in [-0.4, -0.2) is 36.9 Å². The third kappa shape index (κ3) is 2.73. The number of aliphatic hydroxyl groups is 1. The maximum Gasteiger partial charge on any atom is 0.0556 e. The van der Waals surface area contributed by atoms with Crippen molar-refractivity contribution in [3.8, 4) is 0 Å². The van der Waals surface area contributed by atoms with Gasteiger partial charge >= 0.3 is 0 Å². The molecular weight excluding hydrogens is 152 g/mol. The van der Waals surface area contributed by atoms with Gasteiger partial charge in [0.1, 0.15) is 0 Å². The van der Waals surface area contributed by atoms with E-state index in [1.165, 1.54) is 19.3 Å². The molecule has 0 saturated carbocycles. The van der Waals surface area contributed by atoms with E-state index in [-0.39, 0.29) is 6.61 Å². The summed E-state index contributed by atoms with van der Waals surface area (Å²) in [6.07, 6.45) is 3.67. The van der Waals surface area contributed by atoms with Crippen molar-refractivity contribution in [2.75, 3.05) is 19.7 Å². The highest BCUT2D eigenvalue weighted by Crippen LogP contribution is 2.11. The molecule has 1 heterocycles. The first-order chi connectivity index (χ1) is 5.88. The Morgan fingerprint density at radius 1 is 1.58 bits per heavy atom. The lowest BCUT2D eigenvalue weighted by Crippen LogP contribution is -2.41. The van der Waals surface area contributed by atoms with Crippen molar-refractivity contribution in [1.29, 1.82) is 0 Å². The molecule has 0 spiro atoms. The Kier molecular flexibility index (Phi) is 4.58. The first-order valence-electron chi connectivity index (χ1n) is 4.96. The predicted molar refractivity (Wildman–Crippen MR) is 50.2 cm³/mol. The lowest BCUT2D eigenvalue weighted by atomic mass is 10.1. The van der Waals surface area contributed by atoms with Gasteiger partial charge in [-0.2, -0.15) is 0 Å². The lowest BCUT2D eigenvalue weighted by Gasteiger charge is -2.19. The maximum absolute atomic E-state index is 8.66. The number of nitrogens with one attached hydrogen (secondary N) is 2. The molecule has 0 aromatic heterocycles. The molecule has 0 radical (unpaired) electrons. The van der Waals surface area contributed by atoms with Crippen LogP contribution in [-0.2, 0) is 0 Å². The fourth-order valence-electron chi connectivity index (χ4n) is 1.88. The smallest absolute Gasteiger partial charge is 0.0556 e. The van der Waals surface area contributed by atoms with Crippen LogP contribution in [0.5, 0.6) is 0 Å². The Balaban J connectivity index is 2.20. The molecule has 12 heavy (non-hydrogen) atoms. The minimum absolute atomic E-state index is 0.245. The van der Waals surface area contributed by atoms with Gasteiger partial charge in [0.05, 0.1) is 6.61 Å². The molecule has 1 saturated heterocycles. The molecule has 1 fully saturated rings. The first kappa shape index (κ1) is 9.96. The average molecular weight is 172 g/mol. The minimum atomic E-state index is 0.245. The Hall–Kier alpha value is -0.120. The standard InChI is InChI=1S/C9H20N2O/c1-2-3-8-9(4-5-10-8)11-6-7-12/h8-12H,2-7H2,1H3. The summed E-state index contributed by atoms with van der Waals surface area (Å²) in [7, 11) is 0. The maximum atomic E-state index is 8.66. The van der Waals surface area contributed by atoms with Crippen LogP contribution < -0.4 is 10.6 Å². The molecule has 3 nitrogen and oxygen atoms in total. The van der Waals surface area contributed by atoms with Gasteiger partial charge in [-0.15, -0.1) is 0 Å². The highest BCUT2D eigenvalue weighted by Gasteiger charge is 2.24. The van der Waals surface area contributed by atoms with Crippen LogP contribution in [0, 0.1) is 0 Å². The lowest BCUT2D eigenvalue weighted by molar-refractivity contribution is 0.279. The van der Waals surface area contributed by atoms with E-state index < -0.39 is 0 Å². The fraction of sp³-hybridized carbons (Fsp3) is 1.00. The van der Waals surface area contributed by atoms with Crippen molar-refractivity contribution in [1.82, 2.24) is 10.6 Å². The van der Waals surface area contributed by atoms with Crippen LogP contribution in [0.4, 0.5) is 0 Å². The van der Waals surface area contributed by atoms with Crippen LogP contribution in [0.3, 0.4) is 0 Å². The third-order valence-corrected chi connectivity index (χ3v) is 2.47. The van der Waals surface area contributed by atoms with E-state index in [9.17, 15) is 0 Å². The Morgan fingerprint density at radius 3 is 3.08 bits per heavy atom. The predicted octanol–water partition coefficient (Wildman–Crippen LogP) is 0.0989. The molecule has 0 aliphatic carbocycles. The van der Waals surface area contributed by atoms with Crippen LogP contribution in [0.2, 0.25) is 0 Å². The summed E-state index contributed by atoms with van der Waals surface area (Å²) < 4.78 is 0. The van der Waals surface area contributed by atoms with Crippen molar-refractivity contribution in [3.63, 3.8) is 0 Å². The molecule has 3 heteroatoms. The van der Waals surface area contributed by atoms with Crippen LogP contribution in [0.15, 0.2) is 0 Å². The summed E-state index contributed by atoms with van der Waals surface area (Å²) in [6, 6.07) is 1.21. The minimum Gasteiger partial charge on any atom is -0.395 e. The molecule has 2 unspecified atom stereocenters. The van der Waals surface area contributed by atoms with Gasteiger partial charge in [-0.05, 0) is 19.4 Å². The molecule has 3 N–H and O–H groups in total.